The Morgan fingerprint density at radius 3 is 2.90 bits per heavy atom. The second kappa shape index (κ2) is 11.2. The number of rotatable bonds is 9. The zero-order valence-corrected chi connectivity index (χ0v) is 22.7. The van der Waals surface area contributed by atoms with Gasteiger partial charge in [-0.2, -0.15) is 0 Å². The molecule has 16 nitrogen and oxygen atoms in total. The van der Waals surface area contributed by atoms with Crippen LogP contribution in [0.15, 0.2) is 27.0 Å². The number of oxime groups is 1. The molecule has 2 aromatic heterocycles. The normalized spacial score (nSPS) is 23.2. The van der Waals surface area contributed by atoms with Gasteiger partial charge in [0.05, 0.1) is 0 Å². The molecule has 2 fully saturated rings. The molecular weight excluding hydrogens is 572 g/mol. The van der Waals surface area contributed by atoms with Gasteiger partial charge in [0.1, 0.15) is 22.8 Å². The maximum Gasteiger partial charge on any atom is 0.352 e. The van der Waals surface area contributed by atoms with Crippen molar-refractivity contribution in [1.29, 1.82) is 0 Å². The zero-order chi connectivity index (χ0) is 27.7. The summed E-state index contributed by atoms with van der Waals surface area (Å²) >= 11 is 3.66. The number of aryl methyl sites for hydroxylation is 1. The summed E-state index contributed by atoms with van der Waals surface area (Å²) in [5.74, 6) is -2.35. The van der Waals surface area contributed by atoms with Crippen LogP contribution in [0.5, 0.6) is 0 Å². The van der Waals surface area contributed by atoms with Crippen LogP contribution in [-0.4, -0.2) is 100 Å². The molecule has 0 saturated carbocycles. The van der Waals surface area contributed by atoms with Gasteiger partial charge >= 0.3 is 5.97 Å². The molecule has 2 saturated heterocycles. The molecule has 5 N–H and O–H groups in total. The molecule has 206 valence electrons. The van der Waals surface area contributed by atoms with Crippen LogP contribution in [0.4, 0.5) is 5.13 Å². The van der Waals surface area contributed by atoms with Gasteiger partial charge in [-0.25, -0.2) is 14.5 Å². The molecule has 0 aliphatic carbocycles. The lowest BCUT2D eigenvalue weighted by Gasteiger charge is -2.49. The lowest BCUT2D eigenvalue weighted by atomic mass is 10.0. The topological polar surface area (TPSA) is 220 Å². The van der Waals surface area contributed by atoms with E-state index in [9.17, 15) is 24.3 Å². The average molecular weight is 595 g/mol. The predicted molar refractivity (Wildman–Crippen MR) is 139 cm³/mol. The maximum atomic E-state index is 13.2. The fourth-order valence-electron chi connectivity index (χ4n) is 4.06. The molecule has 3 aliphatic rings. The van der Waals surface area contributed by atoms with E-state index in [-0.39, 0.29) is 33.9 Å². The summed E-state index contributed by atoms with van der Waals surface area (Å²) in [5.41, 5.74) is 6.01. The van der Waals surface area contributed by atoms with Crippen LogP contribution in [-0.2, 0) is 31.1 Å². The van der Waals surface area contributed by atoms with E-state index in [2.05, 4.69) is 36.3 Å². The summed E-state index contributed by atoms with van der Waals surface area (Å²) in [6, 6.07) is -1.01. The number of nitrogens with two attached hydrogens (primary N) is 1. The second-order valence-electron chi connectivity index (χ2n) is 8.53. The van der Waals surface area contributed by atoms with E-state index in [0.29, 0.717) is 35.9 Å². The number of β-lactam (4-membered cyclic amide) rings is 1. The van der Waals surface area contributed by atoms with Gasteiger partial charge in [-0.05, 0) is 28.8 Å². The number of amides is 3. The van der Waals surface area contributed by atoms with E-state index in [4.69, 9.17) is 10.6 Å². The number of aliphatic carboxylic acids is 1. The van der Waals surface area contributed by atoms with Crippen LogP contribution < -0.4 is 16.4 Å². The Balaban J connectivity index is 1.31. The van der Waals surface area contributed by atoms with Crippen LogP contribution in [0.3, 0.4) is 0 Å². The predicted octanol–water partition coefficient (Wildman–Crippen LogP) is -1.22. The summed E-state index contributed by atoms with van der Waals surface area (Å²) in [6.45, 7) is 0.530. The molecule has 0 radical (unpaired) electrons. The molecule has 2 aromatic rings. The molecule has 39 heavy (non-hydrogen) atoms. The summed E-state index contributed by atoms with van der Waals surface area (Å²) < 4.78 is 1.46. The van der Waals surface area contributed by atoms with Crippen LogP contribution in [0, 0.1) is 0 Å². The smallest absolute Gasteiger partial charge is 0.352 e. The third-order valence-electron chi connectivity index (χ3n) is 5.98. The molecule has 5 heterocycles. The summed E-state index contributed by atoms with van der Waals surface area (Å²) in [4.78, 5) is 61.1. The van der Waals surface area contributed by atoms with E-state index in [1.807, 2.05) is 0 Å². The summed E-state index contributed by atoms with van der Waals surface area (Å²) in [5, 5.41) is 31.8. The minimum Gasteiger partial charge on any atom is -0.477 e. The molecule has 3 amide bonds. The van der Waals surface area contributed by atoms with Crippen molar-refractivity contribution >= 4 is 69.4 Å². The van der Waals surface area contributed by atoms with E-state index < -0.39 is 35.3 Å². The highest BCUT2D eigenvalue weighted by Gasteiger charge is 2.54. The second-order valence-corrected chi connectivity index (χ2v) is 11.5. The number of piperidine rings is 1. The number of nitrogens with one attached hydrogen (secondary N) is 2. The van der Waals surface area contributed by atoms with Crippen molar-refractivity contribution in [1.82, 2.24) is 40.7 Å². The Morgan fingerprint density at radius 2 is 2.23 bits per heavy atom. The maximum absolute atomic E-state index is 13.2. The monoisotopic (exact) mass is 594 g/mol. The first-order valence-corrected chi connectivity index (χ1v) is 14.4. The number of thioether (sulfide) groups is 2. The van der Waals surface area contributed by atoms with Crippen molar-refractivity contribution in [3.63, 3.8) is 0 Å². The van der Waals surface area contributed by atoms with Gasteiger partial charge < -0.3 is 26.3 Å². The van der Waals surface area contributed by atoms with E-state index in [1.54, 1.807) is 7.05 Å². The van der Waals surface area contributed by atoms with E-state index in [0.717, 1.165) is 11.3 Å². The van der Waals surface area contributed by atoms with Crippen LogP contribution >= 0.6 is 34.9 Å². The fraction of sp³-hybridized carbons (Fsp3) is 0.450. The molecule has 19 heteroatoms. The Kier molecular flexibility index (Phi) is 7.71. The largest absolute Gasteiger partial charge is 0.477 e. The minimum absolute atomic E-state index is 0.120. The number of carbonyl (C=O) groups is 4. The number of aromatic nitrogens is 5. The SMILES string of the molecule is Cn1nnnc1SCC1=C(C(=O)O)N2C(=O)[C@@H](NC(=O)/C(=N\OC3CCCNC3=O)c3csc(N)n3)[C@@H]2SC1. The number of hydrogen-bond donors (Lipinski definition) is 4. The van der Waals surface area contributed by atoms with Crippen LogP contribution in [0.1, 0.15) is 18.5 Å². The number of anilines is 1. The third-order valence-corrected chi connectivity index (χ3v) is 9.09. The average Bonchev–Trinajstić information content (AvgIpc) is 3.53. The molecule has 5 rings (SSSR count). The zero-order valence-electron chi connectivity index (χ0n) is 20.3. The molecule has 0 aromatic carbocycles. The van der Waals surface area contributed by atoms with Crippen molar-refractivity contribution in [3.8, 4) is 0 Å². The first kappa shape index (κ1) is 26.9. The number of carboxylic acid groups (broad SMARTS) is 1. The standard InChI is InChI=1S/C20H22N10O6S3/c1-29-20(25-27-28-29)39-6-8-5-37-17-12(16(33)30(17)13(8)18(34)35)24-15(32)11(9-7-38-19(21)23-9)26-36-10-3-2-4-22-14(10)31/h7,10,12,17H,2-6H2,1H3,(H2,21,23)(H,22,31)(H,24,32)(H,34,35)/b26-11-/t10?,12-,17+/m1/s1. The van der Waals surface area contributed by atoms with Crippen LogP contribution in [0.2, 0.25) is 0 Å². The van der Waals surface area contributed by atoms with Crippen molar-refractivity contribution in [2.24, 2.45) is 12.2 Å². The van der Waals surface area contributed by atoms with Gasteiger partial charge in [0.2, 0.25) is 11.3 Å². The van der Waals surface area contributed by atoms with Crippen molar-refractivity contribution in [3.05, 3.63) is 22.3 Å². The highest BCUT2D eigenvalue weighted by atomic mass is 32.2. The number of carboxylic acids is 1. The first-order chi connectivity index (χ1) is 18.7. The number of carbonyl (C=O) groups excluding carboxylic acids is 3. The van der Waals surface area contributed by atoms with E-state index in [1.165, 1.54) is 38.5 Å². The lowest BCUT2D eigenvalue weighted by Crippen LogP contribution is -2.71. The molecular formula is C20H22N10O6S3. The summed E-state index contributed by atoms with van der Waals surface area (Å²) in [6.07, 6.45) is 0.248. The van der Waals surface area contributed by atoms with Gasteiger partial charge in [-0.15, -0.1) is 28.2 Å². The van der Waals surface area contributed by atoms with Crippen molar-refractivity contribution in [2.45, 2.75) is 35.5 Å². The fourth-order valence-corrected chi connectivity index (χ4v) is 6.94. The Hall–Kier alpha value is -3.71. The van der Waals surface area contributed by atoms with Gasteiger partial charge in [-0.3, -0.25) is 19.3 Å². The van der Waals surface area contributed by atoms with Crippen LogP contribution in [0.25, 0.3) is 0 Å². The molecule has 1 unspecified atom stereocenters. The molecule has 0 spiro atoms. The Bertz CT molecular complexity index is 1390. The Labute approximate surface area is 232 Å². The van der Waals surface area contributed by atoms with Gasteiger partial charge in [0, 0.05) is 30.5 Å². The van der Waals surface area contributed by atoms with Crippen molar-refractivity contribution in [2.75, 3.05) is 23.8 Å². The molecule has 3 atom stereocenters. The number of thiazole rings is 1. The van der Waals surface area contributed by atoms with Crippen molar-refractivity contribution < 1.29 is 29.1 Å². The molecule has 3 aliphatic heterocycles. The molecule has 0 bridgehead atoms. The lowest BCUT2D eigenvalue weighted by molar-refractivity contribution is -0.150. The Morgan fingerprint density at radius 1 is 1.41 bits per heavy atom. The van der Waals surface area contributed by atoms with E-state index >= 15 is 0 Å². The van der Waals surface area contributed by atoms with Gasteiger partial charge in [0.15, 0.2) is 10.8 Å². The highest BCUT2D eigenvalue weighted by Crippen LogP contribution is 2.41. The third kappa shape index (κ3) is 5.41. The van der Waals surface area contributed by atoms with Gasteiger partial charge in [-0.1, -0.05) is 16.9 Å². The first-order valence-electron chi connectivity index (χ1n) is 11.5. The number of tetrazole rings is 1. The number of fused-ring (bicyclic) bond motifs is 1. The number of nitrogens with zero attached hydrogens (tertiary/aromatic N) is 7. The number of nitrogen functional groups attached to an aromatic ring is 1. The number of hydrogen-bond acceptors (Lipinski definition) is 14. The highest BCUT2D eigenvalue weighted by molar-refractivity contribution is 8.01. The van der Waals surface area contributed by atoms with Gasteiger partial charge in [0.25, 0.3) is 17.7 Å². The quantitative estimate of drug-likeness (QED) is 0.116. The summed E-state index contributed by atoms with van der Waals surface area (Å²) in [7, 11) is 1.67. The minimum atomic E-state index is -1.25.